The van der Waals surface area contributed by atoms with Crippen molar-refractivity contribution < 1.29 is 14.1 Å². The maximum Gasteiger partial charge on any atom is 0.492 e. The van der Waals surface area contributed by atoms with Crippen LogP contribution in [0.3, 0.4) is 0 Å². The Morgan fingerprint density at radius 3 is 2.52 bits per heavy atom. The summed E-state index contributed by atoms with van der Waals surface area (Å²) in [5.41, 5.74) is 2.13. The molecule has 6 heteroatoms. The van der Waals surface area contributed by atoms with Crippen molar-refractivity contribution in [2.24, 2.45) is 0 Å². The van der Waals surface area contributed by atoms with Gasteiger partial charge in [-0.2, -0.15) is 0 Å². The molecule has 2 aromatic rings. The van der Waals surface area contributed by atoms with Gasteiger partial charge in [0.2, 0.25) is 5.91 Å². The molecule has 1 saturated heterocycles. The van der Waals surface area contributed by atoms with Crippen molar-refractivity contribution in [3.8, 4) is 0 Å². The zero-order valence-electron chi connectivity index (χ0n) is 15.5. The molecule has 132 valence electrons. The van der Waals surface area contributed by atoms with E-state index in [-0.39, 0.29) is 5.91 Å². The average Bonchev–Trinajstić information content (AvgIpc) is 3.06. The zero-order chi connectivity index (χ0) is 18.2. The minimum Gasteiger partial charge on any atom is -0.400 e. The first-order chi connectivity index (χ1) is 11.7. The quantitative estimate of drug-likeness (QED) is 0.840. The van der Waals surface area contributed by atoms with E-state index in [1.165, 1.54) is 6.92 Å². The van der Waals surface area contributed by atoms with E-state index in [1.807, 2.05) is 58.2 Å². The highest BCUT2D eigenvalue weighted by molar-refractivity contribution is 6.56. The number of fused-ring (bicyclic) bond motifs is 1. The Bertz CT molecular complexity index is 807. The van der Waals surface area contributed by atoms with Crippen LogP contribution in [0.2, 0.25) is 0 Å². The van der Waals surface area contributed by atoms with E-state index in [0.717, 1.165) is 21.9 Å². The number of H-pyrrole nitrogens is 1. The Labute approximate surface area is 148 Å². The summed E-state index contributed by atoms with van der Waals surface area (Å²) in [6, 6.07) is 8.15. The summed E-state index contributed by atoms with van der Waals surface area (Å²) < 4.78 is 12.3. The van der Waals surface area contributed by atoms with Gasteiger partial charge in [-0.25, -0.2) is 0 Å². The van der Waals surface area contributed by atoms with Crippen LogP contribution < -0.4 is 5.32 Å². The number of amides is 1. The van der Waals surface area contributed by atoms with Crippen LogP contribution in [0.25, 0.3) is 17.0 Å². The van der Waals surface area contributed by atoms with Gasteiger partial charge < -0.3 is 19.6 Å². The van der Waals surface area contributed by atoms with Crippen molar-refractivity contribution >= 4 is 30.0 Å². The van der Waals surface area contributed by atoms with E-state index in [9.17, 15) is 4.79 Å². The van der Waals surface area contributed by atoms with Gasteiger partial charge in [-0.15, -0.1) is 0 Å². The molecule has 0 radical (unpaired) electrons. The predicted molar refractivity (Wildman–Crippen MR) is 101 cm³/mol. The van der Waals surface area contributed by atoms with E-state index < -0.39 is 18.3 Å². The summed E-state index contributed by atoms with van der Waals surface area (Å²) in [5, 5.41) is 4.00. The van der Waals surface area contributed by atoms with E-state index >= 15 is 0 Å². The largest absolute Gasteiger partial charge is 0.492 e. The molecule has 3 rings (SSSR count). The summed E-state index contributed by atoms with van der Waals surface area (Å²) in [5.74, 6) is -0.0829. The van der Waals surface area contributed by atoms with Crippen molar-refractivity contribution in [1.29, 1.82) is 0 Å². The minimum atomic E-state index is -0.498. The van der Waals surface area contributed by atoms with Crippen LogP contribution >= 0.6 is 0 Å². The van der Waals surface area contributed by atoms with Crippen LogP contribution in [0.15, 0.2) is 35.9 Å². The molecule has 0 bridgehead atoms. The molecule has 1 amide bonds. The summed E-state index contributed by atoms with van der Waals surface area (Å²) in [6.07, 6.45) is 3.96. The molecule has 5 nitrogen and oxygen atoms in total. The van der Waals surface area contributed by atoms with Gasteiger partial charge in [-0.05, 0) is 50.2 Å². The number of benzene rings is 1. The van der Waals surface area contributed by atoms with Crippen LogP contribution in [-0.4, -0.2) is 35.8 Å². The van der Waals surface area contributed by atoms with Gasteiger partial charge in [0.05, 0.1) is 16.7 Å². The fourth-order valence-electron chi connectivity index (χ4n) is 2.85. The van der Waals surface area contributed by atoms with Gasteiger partial charge in [0.15, 0.2) is 0 Å². The number of aromatic nitrogens is 1. The first kappa shape index (κ1) is 17.8. The van der Waals surface area contributed by atoms with E-state index in [0.29, 0.717) is 6.54 Å². The maximum atomic E-state index is 11.4. The number of carbonyl (C=O) groups excluding carboxylic acids is 1. The number of aromatic amines is 1. The van der Waals surface area contributed by atoms with Crippen LogP contribution in [-0.2, 0) is 14.1 Å². The van der Waals surface area contributed by atoms with Crippen LogP contribution in [0.1, 0.15) is 40.2 Å². The normalized spacial score (nSPS) is 19.4. The third kappa shape index (κ3) is 3.50. The van der Waals surface area contributed by atoms with Crippen molar-refractivity contribution in [2.45, 2.75) is 45.8 Å². The molecule has 0 aliphatic carbocycles. The van der Waals surface area contributed by atoms with E-state index in [2.05, 4.69) is 16.4 Å². The third-order valence-corrected chi connectivity index (χ3v) is 5.06. The van der Waals surface area contributed by atoms with Gasteiger partial charge in [0, 0.05) is 19.7 Å². The second-order valence-corrected chi connectivity index (χ2v) is 7.51. The molecule has 0 spiro atoms. The SMILES string of the molecule is CC(=O)NCC(=Cc1cccc2cc[nH]c12)B1OC(C)(C)C(C)(C)O1. The third-order valence-electron chi connectivity index (χ3n) is 5.06. The fourth-order valence-corrected chi connectivity index (χ4v) is 2.85. The van der Waals surface area contributed by atoms with Crippen molar-refractivity contribution in [3.05, 3.63) is 41.5 Å². The number of hydrogen-bond donors (Lipinski definition) is 2. The number of nitrogens with one attached hydrogen (secondary N) is 2. The zero-order valence-corrected chi connectivity index (χ0v) is 15.5. The topological polar surface area (TPSA) is 63.4 Å². The molecule has 0 atom stereocenters. The lowest BCUT2D eigenvalue weighted by molar-refractivity contribution is -0.118. The van der Waals surface area contributed by atoms with E-state index in [4.69, 9.17) is 9.31 Å². The van der Waals surface area contributed by atoms with Crippen molar-refractivity contribution in [1.82, 2.24) is 10.3 Å². The van der Waals surface area contributed by atoms with Crippen LogP contribution in [0, 0.1) is 0 Å². The van der Waals surface area contributed by atoms with Crippen LogP contribution in [0.5, 0.6) is 0 Å². The molecular weight excluding hydrogens is 315 g/mol. The van der Waals surface area contributed by atoms with Crippen molar-refractivity contribution in [3.63, 3.8) is 0 Å². The van der Waals surface area contributed by atoms with Gasteiger partial charge in [-0.1, -0.05) is 24.3 Å². The molecule has 2 heterocycles. The lowest BCUT2D eigenvalue weighted by Gasteiger charge is -2.32. The number of rotatable bonds is 4. The summed E-state index contributed by atoms with van der Waals surface area (Å²) in [6.45, 7) is 9.98. The molecule has 0 unspecified atom stereocenters. The second kappa shape index (κ2) is 6.35. The lowest BCUT2D eigenvalue weighted by Crippen LogP contribution is -2.41. The van der Waals surface area contributed by atoms with Crippen molar-refractivity contribution in [2.75, 3.05) is 6.54 Å². The molecule has 0 saturated carbocycles. The Morgan fingerprint density at radius 2 is 1.88 bits per heavy atom. The average molecular weight is 340 g/mol. The monoisotopic (exact) mass is 340 g/mol. The number of carbonyl (C=O) groups is 1. The molecule has 1 aliphatic rings. The molecule has 25 heavy (non-hydrogen) atoms. The molecular formula is C19H25BN2O3. The predicted octanol–water partition coefficient (Wildman–Crippen LogP) is 3.32. The Morgan fingerprint density at radius 1 is 1.20 bits per heavy atom. The Kier molecular flexibility index (Phi) is 4.52. The smallest absolute Gasteiger partial charge is 0.400 e. The summed E-state index contributed by atoms with van der Waals surface area (Å²) in [4.78, 5) is 14.7. The maximum absolute atomic E-state index is 11.4. The Balaban J connectivity index is 1.98. The standard InChI is InChI=1S/C19H25BN2O3/c1-13(23)22-12-16(20-24-18(2,3)19(4,5)25-20)11-15-8-6-7-14-9-10-21-17(14)15/h6-11,21H,12H2,1-5H3,(H,22,23). The highest BCUT2D eigenvalue weighted by atomic mass is 16.7. The minimum absolute atomic E-state index is 0.0829. The molecule has 1 aromatic carbocycles. The van der Waals surface area contributed by atoms with Gasteiger partial charge >= 0.3 is 7.12 Å². The molecule has 2 N–H and O–H groups in total. The first-order valence-electron chi connectivity index (χ1n) is 8.56. The fraction of sp³-hybridized carbons (Fsp3) is 0.421. The lowest BCUT2D eigenvalue weighted by atomic mass is 9.77. The highest BCUT2D eigenvalue weighted by Crippen LogP contribution is 2.39. The summed E-state index contributed by atoms with van der Waals surface area (Å²) >= 11 is 0. The molecule has 1 fully saturated rings. The molecule has 1 aromatic heterocycles. The second-order valence-electron chi connectivity index (χ2n) is 7.51. The highest BCUT2D eigenvalue weighted by Gasteiger charge is 2.52. The van der Waals surface area contributed by atoms with Gasteiger partial charge in [0.25, 0.3) is 0 Å². The summed E-state index contributed by atoms with van der Waals surface area (Å²) in [7, 11) is -0.498. The number of para-hydroxylation sites is 1. The number of hydrogen-bond acceptors (Lipinski definition) is 3. The first-order valence-corrected chi connectivity index (χ1v) is 8.56. The van der Waals surface area contributed by atoms with E-state index in [1.54, 1.807) is 0 Å². The Hall–Kier alpha value is -2.05. The van der Waals surface area contributed by atoms with Crippen LogP contribution in [0.4, 0.5) is 0 Å². The molecule has 1 aliphatic heterocycles. The van der Waals surface area contributed by atoms with Gasteiger partial charge in [0.1, 0.15) is 0 Å². The van der Waals surface area contributed by atoms with Gasteiger partial charge in [-0.3, -0.25) is 4.79 Å².